The normalized spacial score (nSPS) is 11.9. The van der Waals surface area contributed by atoms with E-state index >= 15 is 0 Å². The highest BCUT2D eigenvalue weighted by Gasteiger charge is 2.14. The number of aldehydes is 1. The lowest BCUT2D eigenvalue weighted by atomic mass is 10.1. The summed E-state index contributed by atoms with van der Waals surface area (Å²) in [6.07, 6.45) is 0.593. The fraction of sp³-hybridized carbons (Fsp3) is 0.750. The van der Waals surface area contributed by atoms with E-state index in [9.17, 15) is 4.79 Å². The Kier molecular flexibility index (Phi) is 2.80. The lowest BCUT2D eigenvalue weighted by Gasteiger charge is -2.04. The minimum atomic E-state index is -0.914. The molecule has 0 atom stereocenters. The molecule has 0 spiro atoms. The van der Waals surface area contributed by atoms with Crippen LogP contribution in [-0.4, -0.2) is 17.1 Å². The van der Waals surface area contributed by atoms with E-state index in [1.165, 1.54) is 13.8 Å². The highest BCUT2D eigenvalue weighted by atomic mass is 17.2. The van der Waals surface area contributed by atoms with Crippen LogP contribution in [0.25, 0.3) is 0 Å². The van der Waals surface area contributed by atoms with Gasteiger partial charge in [-0.05, 0) is 13.8 Å². The Bertz CT molecular complexity index is 121. The van der Waals surface area contributed by atoms with Gasteiger partial charge in [0.15, 0.2) is 0 Å². The summed E-state index contributed by atoms with van der Waals surface area (Å²) in [5.74, 6) is 0. The standard InChI is InChI=1S/C4H8N2O3/c1-4(2,3-7)5-6-9-8/h3,8H,1-2H3. The molecule has 5 heteroatoms. The van der Waals surface area contributed by atoms with Crippen molar-refractivity contribution in [3.8, 4) is 0 Å². The van der Waals surface area contributed by atoms with Gasteiger partial charge in [-0.3, -0.25) is 0 Å². The Balaban J connectivity index is 3.84. The highest BCUT2D eigenvalue weighted by molar-refractivity contribution is 5.62. The highest BCUT2D eigenvalue weighted by Crippen LogP contribution is 2.03. The molecular weight excluding hydrogens is 124 g/mol. The molecule has 0 unspecified atom stereocenters. The van der Waals surface area contributed by atoms with Gasteiger partial charge in [0.1, 0.15) is 11.8 Å². The van der Waals surface area contributed by atoms with Crippen molar-refractivity contribution in [1.82, 2.24) is 0 Å². The first-order valence-electron chi connectivity index (χ1n) is 2.31. The molecular formula is C4H8N2O3. The number of carbonyl (C=O) groups excluding carboxylic acids is 1. The zero-order valence-electron chi connectivity index (χ0n) is 5.24. The summed E-state index contributed by atoms with van der Waals surface area (Å²) in [5.41, 5.74) is -0.914. The second-order valence-corrected chi connectivity index (χ2v) is 2.03. The molecule has 5 nitrogen and oxygen atoms in total. The molecule has 0 radical (unpaired) electrons. The summed E-state index contributed by atoms with van der Waals surface area (Å²) in [5, 5.41) is 13.7. The topological polar surface area (TPSA) is 71.2 Å². The van der Waals surface area contributed by atoms with Crippen LogP contribution in [0.4, 0.5) is 0 Å². The van der Waals surface area contributed by atoms with Crippen LogP contribution in [0.3, 0.4) is 0 Å². The lowest BCUT2D eigenvalue weighted by Crippen LogP contribution is -2.17. The SMILES string of the molecule is CC(C)(C=O)N=NOO. The van der Waals surface area contributed by atoms with E-state index in [-0.39, 0.29) is 0 Å². The maximum atomic E-state index is 10.0. The van der Waals surface area contributed by atoms with E-state index < -0.39 is 5.54 Å². The van der Waals surface area contributed by atoms with Crippen LogP contribution < -0.4 is 0 Å². The van der Waals surface area contributed by atoms with E-state index in [0.29, 0.717) is 6.29 Å². The van der Waals surface area contributed by atoms with Crippen LogP contribution in [0, 0.1) is 0 Å². The van der Waals surface area contributed by atoms with Gasteiger partial charge in [0.25, 0.3) is 0 Å². The van der Waals surface area contributed by atoms with Crippen LogP contribution >= 0.6 is 0 Å². The monoisotopic (exact) mass is 132 g/mol. The maximum Gasteiger partial charge on any atom is 0.149 e. The summed E-state index contributed by atoms with van der Waals surface area (Å²) in [4.78, 5) is 13.3. The van der Waals surface area contributed by atoms with Crippen molar-refractivity contribution in [3.05, 3.63) is 0 Å². The molecule has 9 heavy (non-hydrogen) atoms. The van der Waals surface area contributed by atoms with E-state index in [4.69, 9.17) is 5.26 Å². The fourth-order valence-electron chi connectivity index (χ4n) is 0.147. The second-order valence-electron chi connectivity index (χ2n) is 2.03. The molecule has 0 aliphatic carbocycles. The Morgan fingerprint density at radius 1 is 1.67 bits per heavy atom. The summed E-state index contributed by atoms with van der Waals surface area (Å²) in [6, 6.07) is 0. The molecule has 0 aromatic heterocycles. The molecule has 0 bridgehead atoms. The molecule has 52 valence electrons. The van der Waals surface area contributed by atoms with E-state index in [0.717, 1.165) is 0 Å². The average Bonchev–Trinajstić information content (AvgIpc) is 1.84. The molecule has 0 aliphatic heterocycles. The summed E-state index contributed by atoms with van der Waals surface area (Å²) in [6.45, 7) is 3.06. The molecule has 0 aromatic carbocycles. The van der Waals surface area contributed by atoms with E-state index in [2.05, 4.69) is 15.4 Å². The third-order valence-corrected chi connectivity index (χ3v) is 0.623. The van der Waals surface area contributed by atoms with Crippen LogP contribution in [0.1, 0.15) is 13.8 Å². The van der Waals surface area contributed by atoms with Gasteiger partial charge in [-0.25, -0.2) is 4.99 Å². The van der Waals surface area contributed by atoms with Gasteiger partial charge in [-0.15, -0.1) is 5.11 Å². The van der Waals surface area contributed by atoms with Crippen molar-refractivity contribution in [2.24, 2.45) is 10.4 Å². The molecule has 0 rings (SSSR count). The lowest BCUT2D eigenvalue weighted by molar-refractivity contribution is -0.252. The second kappa shape index (κ2) is 3.13. The minimum Gasteiger partial charge on any atom is -0.301 e. The largest absolute Gasteiger partial charge is 0.301 e. The Labute approximate surface area is 52.2 Å². The third-order valence-electron chi connectivity index (χ3n) is 0.623. The van der Waals surface area contributed by atoms with Gasteiger partial charge >= 0.3 is 0 Å². The van der Waals surface area contributed by atoms with E-state index in [1.807, 2.05) is 0 Å². The van der Waals surface area contributed by atoms with Crippen LogP contribution in [0.15, 0.2) is 10.4 Å². The predicted molar refractivity (Wildman–Crippen MR) is 28.7 cm³/mol. The number of hydrogen-bond donors (Lipinski definition) is 1. The van der Waals surface area contributed by atoms with Gasteiger partial charge in [0, 0.05) is 0 Å². The zero-order chi connectivity index (χ0) is 7.33. The van der Waals surface area contributed by atoms with Crippen molar-refractivity contribution in [2.75, 3.05) is 0 Å². The van der Waals surface area contributed by atoms with Gasteiger partial charge in [-0.1, -0.05) is 0 Å². The Morgan fingerprint density at radius 2 is 2.22 bits per heavy atom. The van der Waals surface area contributed by atoms with Crippen molar-refractivity contribution >= 4 is 6.29 Å². The smallest absolute Gasteiger partial charge is 0.149 e. The van der Waals surface area contributed by atoms with Crippen molar-refractivity contribution in [2.45, 2.75) is 19.4 Å². The number of nitrogens with zero attached hydrogens (tertiary/aromatic N) is 2. The molecule has 0 amide bonds. The minimum absolute atomic E-state index is 0.593. The first kappa shape index (κ1) is 8.03. The van der Waals surface area contributed by atoms with Gasteiger partial charge in [0.2, 0.25) is 0 Å². The maximum absolute atomic E-state index is 10.0. The molecule has 1 N–H and O–H groups in total. The molecule has 0 aliphatic rings. The first-order chi connectivity index (χ1) is 4.12. The summed E-state index contributed by atoms with van der Waals surface area (Å²) in [7, 11) is 0. The molecule has 0 saturated carbocycles. The van der Waals surface area contributed by atoms with Crippen LogP contribution in [0.2, 0.25) is 0 Å². The number of hydrogen-bond acceptors (Lipinski definition) is 5. The Hall–Kier alpha value is -0.970. The van der Waals surface area contributed by atoms with Crippen molar-refractivity contribution in [3.63, 3.8) is 0 Å². The van der Waals surface area contributed by atoms with Crippen LogP contribution in [-0.2, 0) is 9.78 Å². The Morgan fingerprint density at radius 3 is 2.56 bits per heavy atom. The number of carbonyl (C=O) groups is 1. The van der Waals surface area contributed by atoms with Crippen molar-refractivity contribution in [1.29, 1.82) is 0 Å². The van der Waals surface area contributed by atoms with E-state index in [1.54, 1.807) is 0 Å². The number of rotatable bonds is 3. The fourth-order valence-corrected chi connectivity index (χ4v) is 0.147. The van der Waals surface area contributed by atoms with Crippen LogP contribution in [0.5, 0.6) is 0 Å². The molecule has 0 aromatic rings. The summed E-state index contributed by atoms with van der Waals surface area (Å²) >= 11 is 0. The van der Waals surface area contributed by atoms with Gasteiger partial charge in [0.05, 0.1) is 5.28 Å². The predicted octanol–water partition coefficient (Wildman–Crippen LogP) is 0.821. The summed E-state index contributed by atoms with van der Waals surface area (Å²) < 4.78 is 0. The van der Waals surface area contributed by atoms with Gasteiger partial charge < -0.3 is 4.79 Å². The van der Waals surface area contributed by atoms with Crippen molar-refractivity contribution < 1.29 is 15.0 Å². The molecule has 0 fully saturated rings. The molecule has 0 saturated heterocycles. The zero-order valence-corrected chi connectivity index (χ0v) is 5.24. The molecule has 0 heterocycles. The van der Waals surface area contributed by atoms with Gasteiger partial charge in [-0.2, -0.15) is 5.26 Å². The first-order valence-corrected chi connectivity index (χ1v) is 2.31. The third kappa shape index (κ3) is 3.60. The quantitative estimate of drug-likeness (QED) is 0.267. The average molecular weight is 132 g/mol.